The molecule has 2 N–H and O–H groups in total. The zero-order chi connectivity index (χ0) is 18.5. The molecule has 0 bridgehead atoms. The molecule has 2 aliphatic heterocycles. The van der Waals surface area contributed by atoms with E-state index in [4.69, 9.17) is 0 Å². The van der Waals surface area contributed by atoms with Gasteiger partial charge in [0.2, 0.25) is 11.8 Å². The SMILES string of the molecule is Cc1cc(C)nc(CCNC(=O)[C@H]2CNC[C@@H](C(=O)N3CCCC3)C2)n1. The summed E-state index contributed by atoms with van der Waals surface area (Å²) in [6.45, 7) is 7.45. The first-order valence-electron chi connectivity index (χ1n) is 9.61. The second-order valence-corrected chi connectivity index (χ2v) is 7.43. The van der Waals surface area contributed by atoms with Crippen molar-refractivity contribution in [2.24, 2.45) is 11.8 Å². The second-order valence-electron chi connectivity index (χ2n) is 7.43. The highest BCUT2D eigenvalue weighted by Crippen LogP contribution is 2.21. The Kier molecular flexibility index (Phi) is 6.19. The van der Waals surface area contributed by atoms with Gasteiger partial charge in [0.15, 0.2) is 0 Å². The number of nitrogens with one attached hydrogen (secondary N) is 2. The number of aryl methyl sites for hydroxylation is 2. The average Bonchev–Trinajstić information content (AvgIpc) is 3.15. The summed E-state index contributed by atoms with van der Waals surface area (Å²) in [7, 11) is 0. The smallest absolute Gasteiger partial charge is 0.226 e. The van der Waals surface area contributed by atoms with Gasteiger partial charge in [-0.25, -0.2) is 9.97 Å². The van der Waals surface area contributed by atoms with Crippen molar-refractivity contribution in [1.29, 1.82) is 0 Å². The normalized spacial score (nSPS) is 23.1. The highest BCUT2D eigenvalue weighted by Gasteiger charge is 2.33. The van der Waals surface area contributed by atoms with Crippen LogP contribution in [0.2, 0.25) is 0 Å². The summed E-state index contributed by atoms with van der Waals surface area (Å²) < 4.78 is 0. The minimum Gasteiger partial charge on any atom is -0.355 e. The summed E-state index contributed by atoms with van der Waals surface area (Å²) in [5.41, 5.74) is 1.89. The molecular formula is C19H29N5O2. The highest BCUT2D eigenvalue weighted by atomic mass is 16.2. The maximum atomic E-state index is 12.6. The maximum absolute atomic E-state index is 12.6. The molecule has 3 heterocycles. The lowest BCUT2D eigenvalue weighted by Gasteiger charge is -2.31. The van der Waals surface area contributed by atoms with E-state index >= 15 is 0 Å². The molecule has 0 saturated carbocycles. The molecule has 2 saturated heterocycles. The van der Waals surface area contributed by atoms with Gasteiger partial charge in [-0.05, 0) is 39.2 Å². The number of hydrogen-bond donors (Lipinski definition) is 2. The standard InChI is InChI=1S/C19H29N5O2/c1-13-9-14(2)23-17(22-13)5-6-21-18(25)15-10-16(12-20-11-15)19(26)24-7-3-4-8-24/h9,15-16,20H,3-8,10-12H2,1-2H3,(H,21,25)/t15-,16+/m1/s1. The average molecular weight is 359 g/mol. The van der Waals surface area contributed by atoms with Crippen LogP contribution >= 0.6 is 0 Å². The molecule has 7 heteroatoms. The Morgan fingerprint density at radius 1 is 1.15 bits per heavy atom. The van der Waals surface area contributed by atoms with Crippen LogP contribution in [0.5, 0.6) is 0 Å². The van der Waals surface area contributed by atoms with Gasteiger partial charge < -0.3 is 15.5 Å². The zero-order valence-corrected chi connectivity index (χ0v) is 15.8. The van der Waals surface area contributed by atoms with Crippen LogP contribution in [0.25, 0.3) is 0 Å². The van der Waals surface area contributed by atoms with E-state index in [2.05, 4.69) is 20.6 Å². The summed E-state index contributed by atoms with van der Waals surface area (Å²) in [5, 5.41) is 6.25. The van der Waals surface area contributed by atoms with Gasteiger partial charge in [0.1, 0.15) is 5.82 Å². The molecule has 7 nitrogen and oxygen atoms in total. The van der Waals surface area contributed by atoms with Crippen molar-refractivity contribution in [3.63, 3.8) is 0 Å². The van der Waals surface area contributed by atoms with Gasteiger partial charge in [-0.2, -0.15) is 0 Å². The molecule has 1 aromatic heterocycles. The van der Waals surface area contributed by atoms with Gasteiger partial charge in [-0.3, -0.25) is 9.59 Å². The first kappa shape index (κ1) is 18.8. The lowest BCUT2D eigenvalue weighted by molar-refractivity contribution is -0.136. The Morgan fingerprint density at radius 3 is 2.50 bits per heavy atom. The molecule has 0 unspecified atom stereocenters. The number of piperidine rings is 1. The Balaban J connectivity index is 1.47. The predicted octanol–water partition coefficient (Wildman–Crippen LogP) is 0.600. The Bertz CT molecular complexity index is 637. The number of hydrogen-bond acceptors (Lipinski definition) is 5. The molecule has 2 fully saturated rings. The third kappa shape index (κ3) is 4.78. The summed E-state index contributed by atoms with van der Waals surface area (Å²) in [4.78, 5) is 35.8. The Labute approximate surface area is 155 Å². The fraction of sp³-hybridized carbons (Fsp3) is 0.684. The van der Waals surface area contributed by atoms with E-state index in [-0.39, 0.29) is 23.7 Å². The quantitative estimate of drug-likeness (QED) is 0.804. The van der Waals surface area contributed by atoms with E-state index in [0.29, 0.717) is 32.5 Å². The largest absolute Gasteiger partial charge is 0.355 e. The van der Waals surface area contributed by atoms with Crippen LogP contribution in [0.1, 0.15) is 36.5 Å². The minimum absolute atomic E-state index is 0.0146. The van der Waals surface area contributed by atoms with Gasteiger partial charge in [0.05, 0.1) is 11.8 Å². The van der Waals surface area contributed by atoms with Crippen molar-refractivity contribution in [2.75, 3.05) is 32.7 Å². The fourth-order valence-corrected chi connectivity index (χ4v) is 3.88. The summed E-state index contributed by atoms with van der Waals surface area (Å²) in [6, 6.07) is 1.94. The summed E-state index contributed by atoms with van der Waals surface area (Å²) in [5.74, 6) is 0.740. The molecule has 2 amide bonds. The molecule has 142 valence electrons. The molecule has 1 aromatic rings. The first-order chi connectivity index (χ1) is 12.5. The van der Waals surface area contributed by atoms with Gasteiger partial charge >= 0.3 is 0 Å². The van der Waals surface area contributed by atoms with E-state index in [1.807, 2.05) is 24.8 Å². The molecule has 3 rings (SSSR count). The van der Waals surface area contributed by atoms with Crippen molar-refractivity contribution in [3.05, 3.63) is 23.3 Å². The second kappa shape index (κ2) is 8.58. The molecule has 2 atom stereocenters. The molecule has 26 heavy (non-hydrogen) atoms. The number of amides is 2. The third-order valence-electron chi connectivity index (χ3n) is 5.16. The molecular weight excluding hydrogens is 330 g/mol. The van der Waals surface area contributed by atoms with Crippen LogP contribution < -0.4 is 10.6 Å². The maximum Gasteiger partial charge on any atom is 0.226 e. The topological polar surface area (TPSA) is 87.2 Å². The minimum atomic E-state index is -0.152. The summed E-state index contributed by atoms with van der Waals surface area (Å²) in [6.07, 6.45) is 3.44. The van der Waals surface area contributed by atoms with E-state index in [0.717, 1.165) is 43.1 Å². The van der Waals surface area contributed by atoms with Crippen LogP contribution in [0, 0.1) is 25.7 Å². The Hall–Kier alpha value is -2.02. The van der Waals surface area contributed by atoms with Crippen LogP contribution in [-0.2, 0) is 16.0 Å². The first-order valence-corrected chi connectivity index (χ1v) is 9.61. The van der Waals surface area contributed by atoms with Gasteiger partial charge in [-0.15, -0.1) is 0 Å². The van der Waals surface area contributed by atoms with Crippen molar-refractivity contribution >= 4 is 11.8 Å². The van der Waals surface area contributed by atoms with Crippen molar-refractivity contribution < 1.29 is 9.59 Å². The van der Waals surface area contributed by atoms with E-state index in [1.165, 1.54) is 0 Å². The van der Waals surface area contributed by atoms with Crippen LogP contribution in [-0.4, -0.2) is 59.4 Å². The van der Waals surface area contributed by atoms with Crippen molar-refractivity contribution in [2.45, 2.75) is 39.5 Å². The van der Waals surface area contributed by atoms with Crippen LogP contribution in [0.15, 0.2) is 6.07 Å². The molecule has 0 aromatic carbocycles. The van der Waals surface area contributed by atoms with Gasteiger partial charge in [-0.1, -0.05) is 0 Å². The summed E-state index contributed by atoms with van der Waals surface area (Å²) >= 11 is 0. The molecule has 2 aliphatic rings. The van der Waals surface area contributed by atoms with Gasteiger partial charge in [0, 0.05) is 50.5 Å². The third-order valence-corrected chi connectivity index (χ3v) is 5.16. The lowest BCUT2D eigenvalue weighted by Crippen LogP contribution is -2.49. The van der Waals surface area contributed by atoms with E-state index < -0.39 is 0 Å². The van der Waals surface area contributed by atoms with Crippen molar-refractivity contribution in [1.82, 2.24) is 25.5 Å². The number of carbonyl (C=O) groups excluding carboxylic acids is 2. The van der Waals surface area contributed by atoms with E-state index in [9.17, 15) is 9.59 Å². The predicted molar refractivity (Wildman–Crippen MR) is 98.5 cm³/mol. The molecule has 0 spiro atoms. The van der Waals surface area contributed by atoms with E-state index in [1.54, 1.807) is 0 Å². The van der Waals surface area contributed by atoms with Crippen LogP contribution in [0.3, 0.4) is 0 Å². The highest BCUT2D eigenvalue weighted by molar-refractivity contribution is 5.83. The Morgan fingerprint density at radius 2 is 1.81 bits per heavy atom. The zero-order valence-electron chi connectivity index (χ0n) is 15.8. The molecule has 0 radical (unpaired) electrons. The number of aromatic nitrogens is 2. The number of rotatable bonds is 5. The number of carbonyl (C=O) groups is 2. The fourth-order valence-electron chi connectivity index (χ4n) is 3.88. The van der Waals surface area contributed by atoms with Crippen LogP contribution in [0.4, 0.5) is 0 Å². The number of likely N-dealkylation sites (tertiary alicyclic amines) is 1. The molecule has 0 aliphatic carbocycles. The lowest BCUT2D eigenvalue weighted by atomic mass is 9.89. The van der Waals surface area contributed by atoms with Crippen molar-refractivity contribution in [3.8, 4) is 0 Å². The monoisotopic (exact) mass is 359 g/mol. The van der Waals surface area contributed by atoms with Gasteiger partial charge in [0.25, 0.3) is 0 Å². The number of nitrogens with zero attached hydrogens (tertiary/aromatic N) is 3.